The van der Waals surface area contributed by atoms with Gasteiger partial charge in [-0.3, -0.25) is 10.2 Å². The van der Waals surface area contributed by atoms with E-state index in [4.69, 9.17) is 0 Å². The van der Waals surface area contributed by atoms with Gasteiger partial charge in [0.15, 0.2) is 0 Å². The van der Waals surface area contributed by atoms with Gasteiger partial charge in [0.1, 0.15) is 5.54 Å². The summed E-state index contributed by atoms with van der Waals surface area (Å²) in [6.07, 6.45) is 6.05. The molecule has 21 heavy (non-hydrogen) atoms. The van der Waals surface area contributed by atoms with Gasteiger partial charge in [0.2, 0.25) is 0 Å². The Morgan fingerprint density at radius 1 is 1.19 bits per heavy atom. The summed E-state index contributed by atoms with van der Waals surface area (Å²) in [5, 5.41) is 13.5. The summed E-state index contributed by atoms with van der Waals surface area (Å²) in [6.45, 7) is 2.97. The molecule has 1 heterocycles. The second kappa shape index (κ2) is 5.12. The summed E-state index contributed by atoms with van der Waals surface area (Å²) in [4.78, 5) is 2.49. The van der Waals surface area contributed by atoms with Crippen LogP contribution in [0.1, 0.15) is 36.8 Å². The van der Waals surface area contributed by atoms with Crippen molar-refractivity contribution in [2.24, 2.45) is 5.92 Å². The van der Waals surface area contributed by atoms with Crippen molar-refractivity contribution in [3.05, 3.63) is 35.4 Å². The van der Waals surface area contributed by atoms with Gasteiger partial charge in [-0.2, -0.15) is 5.26 Å². The molecule has 0 radical (unpaired) electrons. The smallest absolute Gasteiger partial charge is 0.122 e. The van der Waals surface area contributed by atoms with Crippen LogP contribution in [0.25, 0.3) is 0 Å². The maximum atomic E-state index is 9.85. The Morgan fingerprint density at radius 2 is 1.95 bits per heavy atom. The average Bonchev–Trinajstić information content (AvgIpc) is 3.38. The monoisotopic (exact) mass is 281 g/mol. The molecule has 110 valence electrons. The van der Waals surface area contributed by atoms with E-state index in [9.17, 15) is 5.26 Å². The Bertz CT molecular complexity index is 568. The third-order valence-electron chi connectivity index (χ3n) is 5.20. The van der Waals surface area contributed by atoms with Gasteiger partial charge in [0.25, 0.3) is 0 Å². The fourth-order valence-corrected chi connectivity index (χ4v) is 3.66. The van der Waals surface area contributed by atoms with Gasteiger partial charge in [-0.05, 0) is 49.1 Å². The van der Waals surface area contributed by atoms with Gasteiger partial charge < -0.3 is 0 Å². The molecular weight excluding hydrogens is 258 g/mol. The van der Waals surface area contributed by atoms with E-state index in [1.807, 2.05) is 0 Å². The van der Waals surface area contributed by atoms with E-state index in [0.29, 0.717) is 12.0 Å². The molecule has 2 fully saturated rings. The second-order valence-electron chi connectivity index (χ2n) is 7.01. The minimum Gasteiger partial charge on any atom is -0.296 e. The van der Waals surface area contributed by atoms with Gasteiger partial charge in [0.05, 0.1) is 6.07 Å². The number of hydrogen-bond donors (Lipinski definition) is 1. The molecule has 3 aliphatic rings. The zero-order chi connectivity index (χ0) is 14.3. The highest BCUT2D eigenvalue weighted by Crippen LogP contribution is 2.42. The van der Waals surface area contributed by atoms with E-state index in [2.05, 4.69) is 40.6 Å². The lowest BCUT2D eigenvalue weighted by molar-refractivity contribution is 0.180. The van der Waals surface area contributed by atoms with E-state index in [0.717, 1.165) is 26.1 Å². The van der Waals surface area contributed by atoms with E-state index in [1.54, 1.807) is 0 Å². The second-order valence-corrected chi connectivity index (χ2v) is 7.01. The van der Waals surface area contributed by atoms with Crippen molar-refractivity contribution in [2.45, 2.75) is 50.2 Å². The largest absolute Gasteiger partial charge is 0.296 e. The van der Waals surface area contributed by atoms with Crippen molar-refractivity contribution in [3.63, 3.8) is 0 Å². The number of nitriles is 1. The van der Waals surface area contributed by atoms with E-state index in [-0.39, 0.29) is 5.54 Å². The molecule has 0 saturated heterocycles. The molecule has 1 aromatic rings. The van der Waals surface area contributed by atoms with E-state index >= 15 is 0 Å². The first-order chi connectivity index (χ1) is 10.3. The molecule has 1 unspecified atom stereocenters. The molecule has 0 aromatic heterocycles. The van der Waals surface area contributed by atoms with Crippen LogP contribution in [0.15, 0.2) is 24.3 Å². The lowest BCUT2D eigenvalue weighted by atomic mass is 9.91. The van der Waals surface area contributed by atoms with Crippen LogP contribution in [0.3, 0.4) is 0 Å². The molecule has 4 rings (SSSR count). The zero-order valence-corrected chi connectivity index (χ0v) is 12.5. The quantitative estimate of drug-likeness (QED) is 0.901. The third kappa shape index (κ3) is 2.71. The van der Waals surface area contributed by atoms with Crippen molar-refractivity contribution < 1.29 is 0 Å². The third-order valence-corrected chi connectivity index (χ3v) is 5.20. The maximum absolute atomic E-state index is 9.85. The van der Waals surface area contributed by atoms with Crippen molar-refractivity contribution in [2.75, 3.05) is 13.1 Å². The molecule has 0 bridgehead atoms. The lowest BCUT2D eigenvalue weighted by Gasteiger charge is -2.37. The molecule has 3 nitrogen and oxygen atoms in total. The minimum atomic E-state index is -0.298. The molecule has 0 amide bonds. The molecule has 1 aliphatic heterocycles. The summed E-state index contributed by atoms with van der Waals surface area (Å²) < 4.78 is 0. The van der Waals surface area contributed by atoms with Crippen LogP contribution in [0, 0.1) is 17.2 Å². The summed E-state index contributed by atoms with van der Waals surface area (Å²) in [5.41, 5.74) is 2.63. The highest BCUT2D eigenvalue weighted by Gasteiger charge is 2.49. The van der Waals surface area contributed by atoms with Crippen LogP contribution in [-0.2, 0) is 13.0 Å². The Morgan fingerprint density at radius 3 is 2.62 bits per heavy atom. The molecule has 0 spiro atoms. The van der Waals surface area contributed by atoms with Gasteiger partial charge in [-0.25, -0.2) is 0 Å². The lowest BCUT2D eigenvalue weighted by Crippen LogP contribution is -2.55. The summed E-state index contributed by atoms with van der Waals surface area (Å²) in [7, 11) is 0. The maximum Gasteiger partial charge on any atom is 0.122 e. The minimum absolute atomic E-state index is 0.298. The first kappa shape index (κ1) is 13.3. The Kier molecular flexibility index (Phi) is 3.24. The predicted octanol–water partition coefficient (Wildman–Crippen LogP) is 2.47. The topological polar surface area (TPSA) is 39.1 Å². The zero-order valence-electron chi connectivity index (χ0n) is 12.5. The average molecular weight is 281 g/mol. The first-order valence-electron chi connectivity index (χ1n) is 8.27. The fraction of sp³-hybridized carbons (Fsp3) is 0.611. The van der Waals surface area contributed by atoms with Crippen LogP contribution in [-0.4, -0.2) is 29.6 Å². The fourth-order valence-electron chi connectivity index (χ4n) is 3.66. The van der Waals surface area contributed by atoms with Crippen molar-refractivity contribution in [3.8, 4) is 6.07 Å². The number of nitrogens with zero attached hydrogens (tertiary/aromatic N) is 2. The number of benzene rings is 1. The number of rotatable bonds is 5. The van der Waals surface area contributed by atoms with Crippen LogP contribution in [0.2, 0.25) is 0 Å². The highest BCUT2D eigenvalue weighted by molar-refractivity contribution is 5.29. The van der Waals surface area contributed by atoms with Crippen molar-refractivity contribution in [1.29, 1.82) is 5.26 Å². The molecule has 2 saturated carbocycles. The number of nitrogens with one attached hydrogen (secondary N) is 1. The standard InChI is InChI=1S/C18H23N3/c19-12-18(16-5-6-16,20-17-7-8-17)13-21-10-9-14-3-1-2-4-15(14)11-21/h1-4,16-17,20H,5-11,13H2. The van der Waals surface area contributed by atoms with Crippen molar-refractivity contribution in [1.82, 2.24) is 10.2 Å². The Balaban J connectivity index is 1.50. The van der Waals surface area contributed by atoms with Gasteiger partial charge in [-0.1, -0.05) is 24.3 Å². The molecule has 2 aliphatic carbocycles. The summed E-state index contributed by atoms with van der Waals surface area (Å²) >= 11 is 0. The van der Waals surface area contributed by atoms with Gasteiger partial charge in [0, 0.05) is 25.7 Å². The van der Waals surface area contributed by atoms with Crippen molar-refractivity contribution >= 4 is 0 Å². The summed E-state index contributed by atoms with van der Waals surface area (Å²) in [5.74, 6) is 0.570. The number of fused-ring (bicyclic) bond motifs is 1. The van der Waals surface area contributed by atoms with E-state index in [1.165, 1.54) is 36.8 Å². The highest BCUT2D eigenvalue weighted by atomic mass is 15.2. The number of hydrogen-bond acceptors (Lipinski definition) is 3. The first-order valence-corrected chi connectivity index (χ1v) is 8.27. The molecule has 1 N–H and O–H groups in total. The van der Waals surface area contributed by atoms with Crippen LogP contribution >= 0.6 is 0 Å². The summed E-state index contributed by atoms with van der Waals surface area (Å²) in [6, 6.07) is 12.0. The van der Waals surface area contributed by atoms with Crippen LogP contribution in [0.4, 0.5) is 0 Å². The predicted molar refractivity (Wildman–Crippen MR) is 82.6 cm³/mol. The normalized spacial score (nSPS) is 24.9. The van der Waals surface area contributed by atoms with Crippen LogP contribution in [0.5, 0.6) is 0 Å². The van der Waals surface area contributed by atoms with Gasteiger partial charge in [-0.15, -0.1) is 0 Å². The Labute approximate surface area is 126 Å². The molecule has 3 heteroatoms. The molecule has 1 aromatic carbocycles. The Hall–Kier alpha value is -1.37. The molecule has 1 atom stereocenters. The van der Waals surface area contributed by atoms with Gasteiger partial charge >= 0.3 is 0 Å². The van der Waals surface area contributed by atoms with E-state index < -0.39 is 0 Å². The SMILES string of the molecule is N#CC(CN1CCc2ccccc2C1)(NC1CC1)C1CC1. The van der Waals surface area contributed by atoms with Crippen LogP contribution < -0.4 is 5.32 Å². The molecular formula is C18H23N3.